The summed E-state index contributed by atoms with van der Waals surface area (Å²) in [6, 6.07) is 11.1. The van der Waals surface area contributed by atoms with E-state index in [1.807, 2.05) is 44.2 Å². The molecule has 0 N–H and O–H groups in total. The Balaban J connectivity index is 1.89. The number of hydrogen-bond acceptors (Lipinski definition) is 6. The fraction of sp³-hybridized carbons (Fsp3) is 0.353. The minimum atomic E-state index is -3.55. The van der Waals surface area contributed by atoms with Crippen LogP contribution in [0, 0.1) is 6.92 Å². The molecule has 0 aliphatic rings. The molecule has 0 radical (unpaired) electrons. The van der Waals surface area contributed by atoms with E-state index in [-0.39, 0.29) is 12.4 Å². The maximum absolute atomic E-state index is 12.3. The number of sulfonamides is 1. The summed E-state index contributed by atoms with van der Waals surface area (Å²) in [6.07, 6.45) is 2.05. The zero-order valence-electron chi connectivity index (χ0n) is 15.0. The molecule has 1 aromatic carbocycles. The predicted molar refractivity (Wildman–Crippen MR) is 98.0 cm³/mol. The van der Waals surface area contributed by atoms with Gasteiger partial charge < -0.3 is 4.52 Å². The highest BCUT2D eigenvalue weighted by Crippen LogP contribution is 2.21. The first-order valence-corrected chi connectivity index (χ1v) is 10.1. The normalized spacial score (nSPS) is 11.7. The molecule has 0 aliphatic heterocycles. The summed E-state index contributed by atoms with van der Waals surface area (Å²) in [5.74, 6) is 0.975. The second-order valence-corrected chi connectivity index (χ2v) is 7.93. The fourth-order valence-electron chi connectivity index (χ4n) is 2.57. The molecule has 138 valence electrons. The first-order chi connectivity index (χ1) is 12.4. The highest BCUT2D eigenvalue weighted by atomic mass is 32.2. The number of aryl methyl sites for hydroxylation is 2. The monoisotopic (exact) mass is 375 g/mol. The van der Waals surface area contributed by atoms with Gasteiger partial charge in [-0.15, -0.1) is 0 Å². The number of benzene rings is 1. The SMILES string of the molecule is CCCn1nc(N(Cc2noc(-c3ccccc3)n2)S(C)(=O)=O)cc1C. The van der Waals surface area contributed by atoms with E-state index in [1.165, 1.54) is 4.31 Å². The molecule has 0 saturated heterocycles. The third kappa shape index (κ3) is 3.93. The van der Waals surface area contributed by atoms with Crippen LogP contribution in [0.2, 0.25) is 0 Å². The average molecular weight is 375 g/mol. The van der Waals surface area contributed by atoms with Crippen LogP contribution in [-0.4, -0.2) is 34.6 Å². The molecule has 3 aromatic rings. The van der Waals surface area contributed by atoms with Crippen molar-refractivity contribution in [2.45, 2.75) is 33.4 Å². The Morgan fingerprint density at radius 1 is 1.23 bits per heavy atom. The number of rotatable bonds is 7. The molecule has 3 rings (SSSR count). The Hall–Kier alpha value is -2.68. The van der Waals surface area contributed by atoms with Crippen molar-refractivity contribution in [3.8, 4) is 11.5 Å². The van der Waals surface area contributed by atoms with Gasteiger partial charge >= 0.3 is 0 Å². The van der Waals surface area contributed by atoms with E-state index in [1.54, 1.807) is 10.7 Å². The zero-order chi connectivity index (χ0) is 18.7. The molecule has 0 bridgehead atoms. The van der Waals surface area contributed by atoms with E-state index < -0.39 is 10.0 Å². The van der Waals surface area contributed by atoms with Crippen molar-refractivity contribution in [1.29, 1.82) is 0 Å². The molecule has 9 heteroatoms. The van der Waals surface area contributed by atoms with Crippen molar-refractivity contribution >= 4 is 15.8 Å². The highest BCUT2D eigenvalue weighted by Gasteiger charge is 2.24. The van der Waals surface area contributed by atoms with Gasteiger partial charge in [0.2, 0.25) is 10.0 Å². The molecule has 0 fully saturated rings. The van der Waals surface area contributed by atoms with Gasteiger partial charge in [-0.25, -0.2) is 12.7 Å². The second-order valence-electron chi connectivity index (χ2n) is 6.02. The maximum Gasteiger partial charge on any atom is 0.257 e. The van der Waals surface area contributed by atoms with E-state index >= 15 is 0 Å². The lowest BCUT2D eigenvalue weighted by atomic mass is 10.2. The summed E-state index contributed by atoms with van der Waals surface area (Å²) in [5.41, 5.74) is 1.67. The van der Waals surface area contributed by atoms with E-state index in [2.05, 4.69) is 15.2 Å². The highest BCUT2D eigenvalue weighted by molar-refractivity contribution is 7.92. The lowest BCUT2D eigenvalue weighted by molar-refractivity contribution is 0.422. The molecule has 2 aromatic heterocycles. The summed E-state index contributed by atoms with van der Waals surface area (Å²) in [5, 5.41) is 8.31. The summed E-state index contributed by atoms with van der Waals surface area (Å²) in [4.78, 5) is 4.31. The minimum absolute atomic E-state index is 0.0439. The van der Waals surface area contributed by atoms with Crippen LogP contribution < -0.4 is 4.31 Å². The lowest BCUT2D eigenvalue weighted by Gasteiger charge is -2.17. The molecule has 0 aliphatic carbocycles. The van der Waals surface area contributed by atoms with Gasteiger partial charge in [-0.3, -0.25) is 4.68 Å². The van der Waals surface area contributed by atoms with Crippen molar-refractivity contribution in [3.63, 3.8) is 0 Å². The summed E-state index contributed by atoms with van der Waals surface area (Å²) < 4.78 is 32.8. The average Bonchev–Trinajstić information content (AvgIpc) is 3.20. The third-order valence-electron chi connectivity index (χ3n) is 3.83. The van der Waals surface area contributed by atoms with Crippen LogP contribution in [0.5, 0.6) is 0 Å². The molecule has 0 spiro atoms. The van der Waals surface area contributed by atoms with Crippen molar-refractivity contribution in [2.75, 3.05) is 10.6 Å². The van der Waals surface area contributed by atoms with Gasteiger partial charge in [0.1, 0.15) is 0 Å². The quantitative estimate of drug-likeness (QED) is 0.630. The number of nitrogens with zero attached hydrogens (tertiary/aromatic N) is 5. The molecule has 2 heterocycles. The topological polar surface area (TPSA) is 94.1 Å². The summed E-state index contributed by atoms with van der Waals surface area (Å²) in [7, 11) is -3.55. The molecule has 0 unspecified atom stereocenters. The van der Waals surface area contributed by atoms with Crippen LogP contribution in [0.1, 0.15) is 24.9 Å². The second kappa shape index (κ2) is 7.28. The van der Waals surface area contributed by atoms with Crippen LogP contribution in [0.15, 0.2) is 40.9 Å². The Morgan fingerprint density at radius 2 is 1.96 bits per heavy atom. The van der Waals surface area contributed by atoms with Gasteiger partial charge in [0.25, 0.3) is 5.89 Å². The van der Waals surface area contributed by atoms with Gasteiger partial charge in [-0.05, 0) is 25.5 Å². The summed E-state index contributed by atoms with van der Waals surface area (Å²) >= 11 is 0. The maximum atomic E-state index is 12.3. The van der Waals surface area contributed by atoms with Crippen molar-refractivity contribution in [3.05, 3.63) is 47.9 Å². The van der Waals surface area contributed by atoms with Crippen LogP contribution in [0.25, 0.3) is 11.5 Å². The van der Waals surface area contributed by atoms with Crippen LogP contribution in [-0.2, 0) is 23.1 Å². The molecular formula is C17H21N5O3S. The number of hydrogen-bond donors (Lipinski definition) is 0. The lowest BCUT2D eigenvalue weighted by Crippen LogP contribution is -2.30. The Bertz CT molecular complexity index is 979. The van der Waals surface area contributed by atoms with Gasteiger partial charge in [-0.2, -0.15) is 10.1 Å². The molecule has 8 nitrogen and oxygen atoms in total. The fourth-order valence-corrected chi connectivity index (χ4v) is 3.34. The van der Waals surface area contributed by atoms with E-state index in [9.17, 15) is 8.42 Å². The smallest absolute Gasteiger partial charge is 0.257 e. The van der Waals surface area contributed by atoms with Gasteiger partial charge in [-0.1, -0.05) is 30.3 Å². The van der Waals surface area contributed by atoms with Gasteiger partial charge in [0.05, 0.1) is 12.8 Å². The number of aromatic nitrogens is 4. The van der Waals surface area contributed by atoms with Crippen LogP contribution >= 0.6 is 0 Å². The first-order valence-electron chi connectivity index (χ1n) is 8.28. The third-order valence-corrected chi connectivity index (χ3v) is 4.95. The zero-order valence-corrected chi connectivity index (χ0v) is 15.8. The standard InChI is InChI=1S/C17H21N5O3S/c1-4-10-21-13(2)11-16(19-21)22(26(3,23)24)12-15-18-17(25-20-15)14-8-6-5-7-9-14/h5-9,11H,4,10,12H2,1-3H3. The summed E-state index contributed by atoms with van der Waals surface area (Å²) in [6.45, 7) is 4.62. The largest absolute Gasteiger partial charge is 0.334 e. The molecule has 0 atom stereocenters. The molecular weight excluding hydrogens is 354 g/mol. The molecule has 0 amide bonds. The Morgan fingerprint density at radius 3 is 2.62 bits per heavy atom. The first kappa shape index (κ1) is 18.1. The van der Waals surface area contributed by atoms with Crippen LogP contribution in [0.3, 0.4) is 0 Å². The Kier molecular flexibility index (Phi) is 5.08. The van der Waals surface area contributed by atoms with Gasteiger partial charge in [0, 0.05) is 23.9 Å². The predicted octanol–water partition coefficient (Wildman–Crippen LogP) is 2.62. The van der Waals surface area contributed by atoms with Crippen molar-refractivity contribution < 1.29 is 12.9 Å². The van der Waals surface area contributed by atoms with Gasteiger partial charge in [0.15, 0.2) is 11.6 Å². The molecule has 0 saturated carbocycles. The van der Waals surface area contributed by atoms with Crippen molar-refractivity contribution in [2.24, 2.45) is 0 Å². The van der Waals surface area contributed by atoms with E-state index in [0.717, 1.165) is 30.5 Å². The van der Waals surface area contributed by atoms with Crippen LogP contribution in [0.4, 0.5) is 5.82 Å². The minimum Gasteiger partial charge on any atom is -0.334 e. The van der Waals surface area contributed by atoms with E-state index in [4.69, 9.17) is 4.52 Å². The van der Waals surface area contributed by atoms with E-state index in [0.29, 0.717) is 11.7 Å². The number of anilines is 1. The Labute approximate surface area is 152 Å². The van der Waals surface area contributed by atoms with Crippen molar-refractivity contribution in [1.82, 2.24) is 19.9 Å². The molecule has 26 heavy (non-hydrogen) atoms.